The summed E-state index contributed by atoms with van der Waals surface area (Å²) in [5.41, 5.74) is 3.34. The smallest absolute Gasteiger partial charge is 0.413 e. The van der Waals surface area contributed by atoms with E-state index in [9.17, 15) is 22.8 Å². The number of nitrogens with zero attached hydrogens (tertiary/aromatic N) is 5. The molecule has 0 aliphatic carbocycles. The topological polar surface area (TPSA) is 92.6 Å². The highest BCUT2D eigenvalue weighted by Crippen LogP contribution is 2.44. The summed E-state index contributed by atoms with van der Waals surface area (Å²) >= 11 is 0. The van der Waals surface area contributed by atoms with Gasteiger partial charge in [-0.3, -0.25) is 20.0 Å². The van der Waals surface area contributed by atoms with Gasteiger partial charge in [0.05, 0.1) is 22.6 Å². The van der Waals surface area contributed by atoms with Gasteiger partial charge < -0.3 is 14.2 Å². The lowest BCUT2D eigenvalue weighted by atomic mass is 9.85. The third-order valence-electron chi connectivity index (χ3n) is 9.99. The van der Waals surface area contributed by atoms with Crippen molar-refractivity contribution in [3.63, 3.8) is 0 Å². The summed E-state index contributed by atoms with van der Waals surface area (Å²) < 4.78 is 51.0. The van der Waals surface area contributed by atoms with Gasteiger partial charge in [-0.2, -0.15) is 0 Å². The van der Waals surface area contributed by atoms with E-state index in [1.165, 1.54) is 24.3 Å². The number of carbonyl (C=O) groups is 2. The van der Waals surface area contributed by atoms with Gasteiger partial charge in [0.2, 0.25) is 5.91 Å². The van der Waals surface area contributed by atoms with E-state index in [4.69, 9.17) is 4.74 Å². The number of amides is 2. The number of piperidine rings is 2. The van der Waals surface area contributed by atoms with E-state index >= 15 is 0 Å². The molecule has 0 bridgehead atoms. The summed E-state index contributed by atoms with van der Waals surface area (Å²) in [5.74, 6) is -1.40. The molecule has 0 radical (unpaired) electrons. The Morgan fingerprint density at radius 3 is 2.25 bits per heavy atom. The van der Waals surface area contributed by atoms with E-state index in [1.54, 1.807) is 49.9 Å². The predicted molar refractivity (Wildman–Crippen MR) is 197 cm³/mol. The zero-order chi connectivity index (χ0) is 37.3. The van der Waals surface area contributed by atoms with Crippen LogP contribution >= 0.6 is 0 Å². The Morgan fingerprint density at radius 1 is 0.830 bits per heavy atom. The molecule has 53 heavy (non-hydrogen) atoms. The Bertz CT molecular complexity index is 2100. The second-order valence-corrected chi connectivity index (χ2v) is 14.9. The molecule has 0 saturated carbocycles. The first-order valence-electron chi connectivity index (χ1n) is 18.1. The summed E-state index contributed by atoms with van der Waals surface area (Å²) in [5, 5.41) is 3.48. The zero-order valence-corrected chi connectivity index (χ0v) is 30.1. The fraction of sp³-hybridized carbons (Fsp3) is 0.366. The average molecular weight is 725 g/mol. The SMILES string of the molecule is CC(C)(C)OC(=O)Nc1cc(CN2CCC(C(=O)N3CCC(c4c(-c5ccccn5)n(-c5cc(F)cc(F)c5)c5cc(F)ccc45)CC3)CC2)ccn1. The van der Waals surface area contributed by atoms with Crippen LogP contribution in [0, 0.1) is 23.4 Å². The molecular formula is C41H43F3N6O3. The molecule has 2 saturated heterocycles. The van der Waals surface area contributed by atoms with Crippen molar-refractivity contribution < 1.29 is 27.5 Å². The van der Waals surface area contributed by atoms with E-state index in [-0.39, 0.29) is 23.4 Å². The number of fused-ring (bicyclic) bond motifs is 1. The molecule has 9 nitrogen and oxygen atoms in total. The highest BCUT2D eigenvalue weighted by molar-refractivity contribution is 5.94. The number of benzene rings is 2. The number of hydrogen-bond donors (Lipinski definition) is 1. The number of carbonyl (C=O) groups excluding carboxylic acids is 2. The molecule has 3 aromatic heterocycles. The molecule has 2 aliphatic heterocycles. The van der Waals surface area contributed by atoms with E-state index in [0.29, 0.717) is 55.2 Å². The minimum atomic E-state index is -0.733. The lowest BCUT2D eigenvalue weighted by molar-refractivity contribution is -0.138. The lowest BCUT2D eigenvalue weighted by Crippen LogP contribution is -2.45. The molecular weight excluding hydrogens is 681 g/mol. The van der Waals surface area contributed by atoms with Crippen molar-refractivity contribution in [1.29, 1.82) is 0 Å². The summed E-state index contributed by atoms with van der Waals surface area (Å²) in [6, 6.07) is 17.1. The third-order valence-corrected chi connectivity index (χ3v) is 9.99. The fourth-order valence-electron chi connectivity index (χ4n) is 7.68. The number of rotatable bonds is 7. The summed E-state index contributed by atoms with van der Waals surface area (Å²) in [4.78, 5) is 39.2. The summed E-state index contributed by atoms with van der Waals surface area (Å²) in [6.45, 7) is 8.77. The van der Waals surface area contributed by atoms with Crippen LogP contribution in [0.5, 0.6) is 0 Å². The largest absolute Gasteiger partial charge is 0.444 e. The van der Waals surface area contributed by atoms with E-state index in [1.807, 2.05) is 29.2 Å². The normalized spacial score (nSPS) is 16.2. The Hall–Kier alpha value is -5.23. The first-order chi connectivity index (χ1) is 25.4. The van der Waals surface area contributed by atoms with Gasteiger partial charge >= 0.3 is 6.09 Å². The number of likely N-dealkylation sites (tertiary alicyclic amines) is 2. The van der Waals surface area contributed by atoms with Crippen LogP contribution in [0.4, 0.5) is 23.8 Å². The second kappa shape index (κ2) is 15.0. The number of nitrogens with one attached hydrogen (secondary N) is 1. The first-order valence-corrected chi connectivity index (χ1v) is 18.1. The summed E-state index contributed by atoms with van der Waals surface area (Å²) in [6.07, 6.45) is 5.64. The van der Waals surface area contributed by atoms with Crippen molar-refractivity contribution in [3.8, 4) is 17.1 Å². The Kier molecular flexibility index (Phi) is 10.2. The van der Waals surface area contributed by atoms with Crippen LogP contribution in [0.1, 0.15) is 63.5 Å². The molecule has 2 amide bonds. The number of anilines is 1. The summed E-state index contributed by atoms with van der Waals surface area (Å²) in [7, 11) is 0. The van der Waals surface area contributed by atoms with Gasteiger partial charge in [-0.1, -0.05) is 6.07 Å². The first kappa shape index (κ1) is 36.1. The molecule has 7 rings (SSSR count). The van der Waals surface area contributed by atoms with Gasteiger partial charge in [-0.05, 0) is 131 Å². The molecule has 276 valence electrons. The number of aromatic nitrogens is 3. The maximum atomic E-state index is 14.8. The van der Waals surface area contributed by atoms with Crippen LogP contribution in [-0.4, -0.2) is 68.1 Å². The van der Waals surface area contributed by atoms with Crippen LogP contribution < -0.4 is 5.32 Å². The molecule has 0 spiro atoms. The van der Waals surface area contributed by atoms with Crippen LogP contribution in [0.3, 0.4) is 0 Å². The van der Waals surface area contributed by atoms with E-state index < -0.39 is 29.1 Å². The van der Waals surface area contributed by atoms with Crippen LogP contribution in [0.2, 0.25) is 0 Å². The molecule has 0 atom stereocenters. The highest BCUT2D eigenvalue weighted by Gasteiger charge is 2.34. The van der Waals surface area contributed by atoms with Crippen molar-refractivity contribution in [2.24, 2.45) is 5.92 Å². The molecule has 0 unspecified atom stereocenters. The minimum Gasteiger partial charge on any atom is -0.444 e. The fourth-order valence-corrected chi connectivity index (χ4v) is 7.68. The predicted octanol–water partition coefficient (Wildman–Crippen LogP) is 8.47. The van der Waals surface area contributed by atoms with Crippen molar-refractivity contribution in [2.75, 3.05) is 31.5 Å². The number of pyridine rings is 2. The molecule has 12 heteroatoms. The average Bonchev–Trinajstić information content (AvgIpc) is 3.45. The van der Waals surface area contributed by atoms with Crippen LogP contribution in [-0.2, 0) is 16.1 Å². The lowest BCUT2D eigenvalue weighted by Gasteiger charge is -2.37. The van der Waals surface area contributed by atoms with Gasteiger partial charge in [-0.25, -0.2) is 22.9 Å². The molecule has 1 N–H and O–H groups in total. The second-order valence-electron chi connectivity index (χ2n) is 14.9. The standard InChI is InChI=1S/C41H43F3N6O3/c1-41(2,3)53-40(52)47-36-20-26(9-15-46-36)25-48-16-10-28(11-17-48)39(51)49-18-12-27(13-19-49)37-33-8-7-29(42)24-35(33)50(32-22-30(43)21-31(44)23-32)38(37)34-6-4-5-14-45-34/h4-9,14-15,20-24,27-28H,10-13,16-19,25H2,1-3H3,(H,46,47,52). The van der Waals surface area contributed by atoms with E-state index in [2.05, 4.69) is 20.2 Å². The number of hydrogen-bond acceptors (Lipinski definition) is 6. The number of halogens is 3. The van der Waals surface area contributed by atoms with Crippen molar-refractivity contribution in [2.45, 2.75) is 64.5 Å². The molecule has 5 heterocycles. The Morgan fingerprint density at radius 2 is 1.57 bits per heavy atom. The molecule has 2 aliphatic rings. The van der Waals surface area contributed by atoms with Crippen molar-refractivity contribution in [1.82, 2.24) is 24.3 Å². The maximum Gasteiger partial charge on any atom is 0.413 e. The molecule has 2 aromatic carbocycles. The van der Waals surface area contributed by atoms with Crippen molar-refractivity contribution in [3.05, 3.63) is 108 Å². The third kappa shape index (κ3) is 8.22. The van der Waals surface area contributed by atoms with Gasteiger partial charge in [0.15, 0.2) is 0 Å². The molecule has 2 fully saturated rings. The minimum absolute atomic E-state index is 0.000539. The highest BCUT2D eigenvalue weighted by atomic mass is 19.1. The Balaban J connectivity index is 1.03. The van der Waals surface area contributed by atoms with E-state index in [0.717, 1.165) is 48.5 Å². The Labute approximate surface area is 306 Å². The van der Waals surface area contributed by atoms with Gasteiger partial charge in [0.25, 0.3) is 0 Å². The number of ether oxygens (including phenoxy) is 1. The van der Waals surface area contributed by atoms with Gasteiger partial charge in [0.1, 0.15) is 28.9 Å². The zero-order valence-electron chi connectivity index (χ0n) is 30.1. The van der Waals surface area contributed by atoms with Crippen LogP contribution in [0.25, 0.3) is 28.0 Å². The van der Waals surface area contributed by atoms with Gasteiger partial charge in [-0.15, -0.1) is 0 Å². The quantitative estimate of drug-likeness (QED) is 0.181. The van der Waals surface area contributed by atoms with Crippen LogP contribution in [0.15, 0.2) is 79.1 Å². The van der Waals surface area contributed by atoms with Gasteiger partial charge in [0, 0.05) is 49.4 Å². The monoisotopic (exact) mass is 724 g/mol. The maximum absolute atomic E-state index is 14.8. The van der Waals surface area contributed by atoms with Crippen molar-refractivity contribution >= 4 is 28.7 Å². The molecule has 5 aromatic rings.